The van der Waals surface area contributed by atoms with E-state index in [-0.39, 0.29) is 0 Å². The molecule has 1 atom stereocenters. The van der Waals surface area contributed by atoms with Crippen LogP contribution in [0.25, 0.3) is 0 Å². The Morgan fingerprint density at radius 2 is 1.83 bits per heavy atom. The number of hydrogen-bond acceptors (Lipinski definition) is 8. The highest BCUT2D eigenvalue weighted by Crippen LogP contribution is 2.21. The standard InChI is InChI=1S/C17H27N7O3S2/c1-3-18-16(28)22-20-11-12(21-23-17(29)19-4-2)13-5-6-14(27-13)15(25)24-7-9-26-10-8-24/h5-6,11,15,25H,3-4,7-10H2,1-2H3,(H2,18,22,28)(H2,19,23,29)/b20-11+,21-12+. The predicted molar refractivity (Wildman–Crippen MR) is 120 cm³/mol. The predicted octanol–water partition coefficient (Wildman–Crippen LogP) is 0.261. The van der Waals surface area contributed by atoms with E-state index in [4.69, 9.17) is 33.6 Å². The van der Waals surface area contributed by atoms with Gasteiger partial charge in [-0.1, -0.05) is 0 Å². The van der Waals surface area contributed by atoms with Gasteiger partial charge >= 0.3 is 0 Å². The first-order valence-corrected chi connectivity index (χ1v) is 10.1. The van der Waals surface area contributed by atoms with Crippen LogP contribution in [-0.4, -0.2) is 71.6 Å². The number of hydrogen-bond donors (Lipinski definition) is 5. The van der Waals surface area contributed by atoms with Crippen molar-refractivity contribution in [3.63, 3.8) is 0 Å². The van der Waals surface area contributed by atoms with Crippen molar-refractivity contribution >= 4 is 46.6 Å². The van der Waals surface area contributed by atoms with Crippen LogP contribution in [0.5, 0.6) is 0 Å². The molecular formula is C17H27N7O3S2. The van der Waals surface area contributed by atoms with Crippen molar-refractivity contribution in [2.75, 3.05) is 39.4 Å². The van der Waals surface area contributed by atoms with E-state index in [0.717, 1.165) is 0 Å². The fourth-order valence-electron chi connectivity index (χ4n) is 2.44. The SMILES string of the molecule is CCNC(=S)N/N=C/C(=N\NC(=S)NCC)c1ccc(C(O)N2CCOCC2)o1. The van der Waals surface area contributed by atoms with Gasteiger partial charge in [-0.25, -0.2) is 0 Å². The van der Waals surface area contributed by atoms with Gasteiger partial charge in [0.05, 0.1) is 19.4 Å². The maximum Gasteiger partial charge on any atom is 0.186 e. The summed E-state index contributed by atoms with van der Waals surface area (Å²) in [6, 6.07) is 3.42. The molecule has 2 heterocycles. The van der Waals surface area contributed by atoms with Crippen molar-refractivity contribution in [2.45, 2.75) is 20.1 Å². The lowest BCUT2D eigenvalue weighted by molar-refractivity contribution is -0.0694. The average molecular weight is 442 g/mol. The van der Waals surface area contributed by atoms with Gasteiger partial charge in [0.2, 0.25) is 0 Å². The van der Waals surface area contributed by atoms with Gasteiger partial charge in [-0.3, -0.25) is 15.8 Å². The Hall–Kier alpha value is -2.12. The third-order valence-corrected chi connectivity index (χ3v) is 4.30. The number of aliphatic hydroxyl groups is 1. The van der Waals surface area contributed by atoms with Crippen LogP contribution in [0.2, 0.25) is 0 Å². The second-order valence-electron chi connectivity index (χ2n) is 5.92. The molecule has 5 N–H and O–H groups in total. The molecule has 0 bridgehead atoms. The van der Waals surface area contributed by atoms with E-state index in [1.807, 2.05) is 18.7 Å². The van der Waals surface area contributed by atoms with E-state index in [9.17, 15) is 5.11 Å². The lowest BCUT2D eigenvalue weighted by Gasteiger charge is -2.29. The normalized spacial score (nSPS) is 16.4. The fraction of sp³-hybridized carbons (Fsp3) is 0.529. The Balaban J connectivity index is 2.13. The molecule has 160 valence electrons. The van der Waals surface area contributed by atoms with Crippen LogP contribution in [-0.2, 0) is 4.74 Å². The maximum absolute atomic E-state index is 10.6. The molecule has 1 aromatic rings. The van der Waals surface area contributed by atoms with Crippen LogP contribution in [0, 0.1) is 0 Å². The first-order valence-electron chi connectivity index (χ1n) is 9.33. The molecule has 0 spiro atoms. The zero-order chi connectivity index (χ0) is 21.1. The van der Waals surface area contributed by atoms with Gasteiger partial charge in [-0.2, -0.15) is 10.2 Å². The van der Waals surface area contributed by atoms with Gasteiger partial charge in [0.15, 0.2) is 22.2 Å². The summed E-state index contributed by atoms with van der Waals surface area (Å²) in [7, 11) is 0. The minimum absolute atomic E-state index is 0.370. The summed E-state index contributed by atoms with van der Waals surface area (Å²) in [6.07, 6.45) is 0.593. The number of ether oxygens (including phenoxy) is 1. The summed E-state index contributed by atoms with van der Waals surface area (Å²) in [5.41, 5.74) is 5.81. The highest BCUT2D eigenvalue weighted by molar-refractivity contribution is 7.80. The van der Waals surface area contributed by atoms with Crippen LogP contribution >= 0.6 is 24.4 Å². The van der Waals surface area contributed by atoms with E-state index >= 15 is 0 Å². The zero-order valence-corrected chi connectivity index (χ0v) is 18.1. The first kappa shape index (κ1) is 23.2. The van der Waals surface area contributed by atoms with Crippen LogP contribution in [0.1, 0.15) is 31.6 Å². The quantitative estimate of drug-likeness (QED) is 0.218. The van der Waals surface area contributed by atoms with Gasteiger partial charge in [-0.05, 0) is 50.4 Å². The van der Waals surface area contributed by atoms with Crippen molar-refractivity contribution < 1.29 is 14.3 Å². The van der Waals surface area contributed by atoms with Crippen LogP contribution in [0.15, 0.2) is 26.8 Å². The summed E-state index contributed by atoms with van der Waals surface area (Å²) in [4.78, 5) is 1.88. The van der Waals surface area contributed by atoms with Crippen molar-refractivity contribution in [1.82, 2.24) is 26.4 Å². The van der Waals surface area contributed by atoms with E-state index < -0.39 is 6.23 Å². The smallest absolute Gasteiger partial charge is 0.186 e. The number of hydrazone groups is 2. The highest BCUT2D eigenvalue weighted by Gasteiger charge is 2.23. The molecule has 0 saturated carbocycles. The molecule has 1 unspecified atom stereocenters. The molecule has 10 nitrogen and oxygen atoms in total. The van der Waals surface area contributed by atoms with Gasteiger partial charge in [0, 0.05) is 26.2 Å². The summed E-state index contributed by atoms with van der Waals surface area (Å²) >= 11 is 10.2. The number of aliphatic hydroxyl groups excluding tert-OH is 1. The van der Waals surface area contributed by atoms with Gasteiger partial charge in [0.1, 0.15) is 11.5 Å². The largest absolute Gasteiger partial charge is 0.455 e. The summed E-state index contributed by atoms with van der Waals surface area (Å²) in [5.74, 6) is 0.826. The Morgan fingerprint density at radius 1 is 1.17 bits per heavy atom. The minimum atomic E-state index is -0.860. The molecule has 0 radical (unpaired) electrons. The molecule has 1 saturated heterocycles. The second kappa shape index (κ2) is 12.4. The lowest BCUT2D eigenvalue weighted by atomic mass is 10.3. The van der Waals surface area contributed by atoms with Gasteiger partial charge in [-0.15, -0.1) is 0 Å². The molecule has 1 aliphatic heterocycles. The number of nitrogens with one attached hydrogen (secondary N) is 4. The molecule has 12 heteroatoms. The molecule has 1 aromatic heterocycles. The number of thiocarbonyl (C=S) groups is 2. The third-order valence-electron chi connectivity index (χ3n) is 3.83. The molecule has 29 heavy (non-hydrogen) atoms. The van der Waals surface area contributed by atoms with Crippen molar-refractivity contribution in [1.29, 1.82) is 0 Å². The second-order valence-corrected chi connectivity index (χ2v) is 6.74. The van der Waals surface area contributed by atoms with Crippen molar-refractivity contribution in [3.05, 3.63) is 23.7 Å². The Bertz CT molecular complexity index is 732. The molecular weight excluding hydrogens is 414 g/mol. The van der Waals surface area contributed by atoms with Crippen molar-refractivity contribution in [3.8, 4) is 0 Å². The minimum Gasteiger partial charge on any atom is -0.455 e. The number of furan rings is 1. The molecule has 0 aliphatic carbocycles. The fourth-order valence-corrected chi connectivity index (χ4v) is 2.83. The third kappa shape index (κ3) is 7.66. The monoisotopic (exact) mass is 441 g/mol. The number of rotatable bonds is 8. The van der Waals surface area contributed by atoms with Gasteiger partial charge in [0.25, 0.3) is 0 Å². The summed E-state index contributed by atoms with van der Waals surface area (Å²) < 4.78 is 11.1. The van der Waals surface area contributed by atoms with E-state index in [0.29, 0.717) is 66.8 Å². The summed E-state index contributed by atoms with van der Waals surface area (Å²) in [5, 5.41) is 25.5. The average Bonchev–Trinajstić information content (AvgIpc) is 3.21. The Labute approximate surface area is 180 Å². The van der Waals surface area contributed by atoms with Crippen LogP contribution in [0.4, 0.5) is 0 Å². The molecule has 1 aliphatic rings. The summed E-state index contributed by atoms with van der Waals surface area (Å²) in [6.45, 7) is 7.62. The molecule has 1 fully saturated rings. The maximum atomic E-state index is 10.6. The van der Waals surface area contributed by atoms with Crippen molar-refractivity contribution in [2.24, 2.45) is 10.2 Å². The lowest BCUT2D eigenvalue weighted by Crippen LogP contribution is -2.38. The number of nitrogens with zero attached hydrogens (tertiary/aromatic N) is 3. The zero-order valence-electron chi connectivity index (χ0n) is 16.5. The number of morpholine rings is 1. The highest BCUT2D eigenvalue weighted by atomic mass is 32.1. The van der Waals surface area contributed by atoms with E-state index in [1.54, 1.807) is 12.1 Å². The van der Waals surface area contributed by atoms with E-state index in [1.165, 1.54) is 6.21 Å². The molecule has 2 rings (SSSR count). The molecule has 0 aromatic carbocycles. The van der Waals surface area contributed by atoms with E-state index in [2.05, 4.69) is 31.7 Å². The Kier molecular flexibility index (Phi) is 9.94. The van der Waals surface area contributed by atoms with Crippen LogP contribution in [0.3, 0.4) is 0 Å². The topological polar surface area (TPSA) is 119 Å². The van der Waals surface area contributed by atoms with Crippen LogP contribution < -0.4 is 21.5 Å². The molecule has 0 amide bonds. The van der Waals surface area contributed by atoms with Gasteiger partial charge < -0.3 is 24.9 Å². The Morgan fingerprint density at radius 3 is 2.48 bits per heavy atom. The first-order chi connectivity index (χ1) is 14.0.